The van der Waals surface area contributed by atoms with E-state index in [1.807, 2.05) is 0 Å². The zero-order chi connectivity index (χ0) is 9.97. The summed E-state index contributed by atoms with van der Waals surface area (Å²) >= 11 is 0. The number of cyclic esters (lactones) is 1. The fourth-order valence-electron chi connectivity index (χ4n) is 1.40. The van der Waals surface area contributed by atoms with Crippen molar-refractivity contribution in [3.63, 3.8) is 0 Å². The molecule has 1 aromatic heterocycles. The Kier molecular flexibility index (Phi) is 2.41. The van der Waals surface area contributed by atoms with Crippen molar-refractivity contribution in [2.75, 3.05) is 13.2 Å². The first-order valence-electron chi connectivity index (χ1n) is 4.38. The van der Waals surface area contributed by atoms with Crippen LogP contribution in [0.3, 0.4) is 0 Å². The Balaban J connectivity index is 2.05. The Morgan fingerprint density at radius 2 is 2.50 bits per heavy atom. The van der Waals surface area contributed by atoms with Gasteiger partial charge in [-0.3, -0.25) is 4.90 Å². The van der Waals surface area contributed by atoms with Gasteiger partial charge in [-0.25, -0.2) is 4.79 Å². The molecule has 1 N–H and O–H groups in total. The van der Waals surface area contributed by atoms with Crippen LogP contribution in [0.5, 0.6) is 0 Å². The molecule has 14 heavy (non-hydrogen) atoms. The van der Waals surface area contributed by atoms with Gasteiger partial charge in [0.2, 0.25) is 0 Å². The minimum absolute atomic E-state index is 0.0908. The van der Waals surface area contributed by atoms with E-state index < -0.39 is 6.09 Å². The summed E-state index contributed by atoms with van der Waals surface area (Å²) in [6.45, 7) is 0.500. The summed E-state index contributed by atoms with van der Waals surface area (Å²) in [6, 6.07) is 3.28. The molecule has 1 amide bonds. The van der Waals surface area contributed by atoms with Gasteiger partial charge in [0.05, 0.1) is 25.5 Å². The maximum absolute atomic E-state index is 11.2. The smallest absolute Gasteiger partial charge is 0.410 e. The van der Waals surface area contributed by atoms with E-state index in [9.17, 15) is 4.79 Å². The summed E-state index contributed by atoms with van der Waals surface area (Å²) in [5.41, 5.74) is 0. The molecule has 1 unspecified atom stereocenters. The van der Waals surface area contributed by atoms with E-state index in [-0.39, 0.29) is 19.3 Å². The number of nitrogens with zero attached hydrogens (tertiary/aromatic N) is 1. The first-order chi connectivity index (χ1) is 6.81. The SMILES string of the molecule is O=C1OCC(CO)N1Cc1ccco1. The Hall–Kier alpha value is -1.49. The highest BCUT2D eigenvalue weighted by Gasteiger charge is 2.32. The zero-order valence-electron chi connectivity index (χ0n) is 7.55. The average molecular weight is 197 g/mol. The number of carbonyl (C=O) groups is 1. The average Bonchev–Trinajstić information content (AvgIpc) is 2.79. The van der Waals surface area contributed by atoms with Crippen molar-refractivity contribution in [3.05, 3.63) is 24.2 Å². The molecule has 0 aromatic carbocycles. The molecule has 1 saturated heterocycles. The van der Waals surface area contributed by atoms with E-state index >= 15 is 0 Å². The summed E-state index contributed by atoms with van der Waals surface area (Å²) in [6.07, 6.45) is 1.14. The van der Waals surface area contributed by atoms with Gasteiger partial charge in [-0.05, 0) is 12.1 Å². The van der Waals surface area contributed by atoms with Crippen LogP contribution in [0.4, 0.5) is 4.79 Å². The van der Waals surface area contributed by atoms with Crippen molar-refractivity contribution in [1.82, 2.24) is 4.90 Å². The number of amides is 1. The molecule has 1 aliphatic rings. The zero-order valence-corrected chi connectivity index (χ0v) is 7.55. The lowest BCUT2D eigenvalue weighted by Crippen LogP contribution is -2.35. The molecule has 0 bridgehead atoms. The monoisotopic (exact) mass is 197 g/mol. The van der Waals surface area contributed by atoms with Crippen molar-refractivity contribution in [2.24, 2.45) is 0 Å². The van der Waals surface area contributed by atoms with Gasteiger partial charge in [0.1, 0.15) is 12.4 Å². The topological polar surface area (TPSA) is 62.9 Å². The number of hydrogen-bond acceptors (Lipinski definition) is 4. The maximum Gasteiger partial charge on any atom is 0.410 e. The van der Waals surface area contributed by atoms with Gasteiger partial charge in [-0.15, -0.1) is 0 Å². The van der Waals surface area contributed by atoms with Crippen LogP contribution in [0.1, 0.15) is 5.76 Å². The number of aliphatic hydroxyl groups excluding tert-OH is 1. The quantitative estimate of drug-likeness (QED) is 0.770. The van der Waals surface area contributed by atoms with Crippen molar-refractivity contribution in [1.29, 1.82) is 0 Å². The normalized spacial score (nSPS) is 21.4. The molecule has 0 aliphatic carbocycles. The summed E-state index contributed by atoms with van der Waals surface area (Å²) < 4.78 is 9.91. The Morgan fingerprint density at radius 3 is 3.14 bits per heavy atom. The van der Waals surface area contributed by atoms with E-state index in [0.29, 0.717) is 12.3 Å². The van der Waals surface area contributed by atoms with Gasteiger partial charge >= 0.3 is 6.09 Å². The van der Waals surface area contributed by atoms with Crippen molar-refractivity contribution < 1.29 is 19.1 Å². The number of aliphatic hydroxyl groups is 1. The largest absolute Gasteiger partial charge is 0.467 e. The molecule has 76 valence electrons. The standard InChI is InChI=1S/C9H11NO4/c11-5-7-6-14-9(12)10(7)4-8-2-1-3-13-8/h1-3,7,11H,4-6H2. The lowest BCUT2D eigenvalue weighted by molar-refractivity contribution is 0.147. The van der Waals surface area contributed by atoms with E-state index in [1.165, 1.54) is 4.90 Å². The molecular formula is C9H11NO4. The molecule has 0 saturated carbocycles. The van der Waals surface area contributed by atoms with Crippen LogP contribution in [0.25, 0.3) is 0 Å². The van der Waals surface area contributed by atoms with Crippen LogP contribution in [-0.2, 0) is 11.3 Å². The predicted molar refractivity (Wildman–Crippen MR) is 46.5 cm³/mol. The molecule has 5 heteroatoms. The van der Waals surface area contributed by atoms with Crippen LogP contribution in [0, 0.1) is 0 Å². The number of ether oxygens (including phenoxy) is 1. The highest BCUT2D eigenvalue weighted by atomic mass is 16.6. The first-order valence-corrected chi connectivity index (χ1v) is 4.38. The van der Waals surface area contributed by atoms with Crippen LogP contribution >= 0.6 is 0 Å². The second-order valence-corrected chi connectivity index (χ2v) is 3.12. The van der Waals surface area contributed by atoms with Gasteiger partial charge in [0.15, 0.2) is 0 Å². The van der Waals surface area contributed by atoms with E-state index in [2.05, 4.69) is 0 Å². The second-order valence-electron chi connectivity index (χ2n) is 3.12. The highest BCUT2D eigenvalue weighted by Crippen LogP contribution is 2.16. The number of carbonyl (C=O) groups excluding carboxylic acids is 1. The van der Waals surface area contributed by atoms with Crippen molar-refractivity contribution >= 4 is 6.09 Å². The summed E-state index contributed by atoms with van der Waals surface area (Å²) in [5, 5.41) is 8.98. The first kappa shape index (κ1) is 9.08. The molecule has 0 spiro atoms. The number of hydrogen-bond donors (Lipinski definition) is 1. The molecule has 5 nitrogen and oxygen atoms in total. The molecule has 0 radical (unpaired) electrons. The second kappa shape index (κ2) is 3.71. The third-order valence-electron chi connectivity index (χ3n) is 2.19. The number of furan rings is 1. The molecule has 1 aromatic rings. The lowest BCUT2D eigenvalue weighted by atomic mass is 10.3. The summed E-state index contributed by atoms with van der Waals surface area (Å²) in [7, 11) is 0. The van der Waals surface area contributed by atoms with Crippen LogP contribution in [0.2, 0.25) is 0 Å². The number of rotatable bonds is 3. The molecule has 2 rings (SSSR count). The lowest BCUT2D eigenvalue weighted by Gasteiger charge is -2.17. The van der Waals surface area contributed by atoms with E-state index in [1.54, 1.807) is 18.4 Å². The fourth-order valence-corrected chi connectivity index (χ4v) is 1.40. The van der Waals surface area contributed by atoms with Crippen LogP contribution < -0.4 is 0 Å². The Morgan fingerprint density at radius 1 is 1.64 bits per heavy atom. The van der Waals surface area contributed by atoms with Gasteiger partial charge in [0, 0.05) is 0 Å². The van der Waals surface area contributed by atoms with Crippen molar-refractivity contribution in [2.45, 2.75) is 12.6 Å². The fraction of sp³-hybridized carbons (Fsp3) is 0.444. The van der Waals surface area contributed by atoms with Crippen molar-refractivity contribution in [3.8, 4) is 0 Å². The van der Waals surface area contributed by atoms with Gasteiger partial charge in [0.25, 0.3) is 0 Å². The minimum Gasteiger partial charge on any atom is -0.467 e. The minimum atomic E-state index is -0.402. The van der Waals surface area contributed by atoms with E-state index in [0.717, 1.165) is 0 Å². The van der Waals surface area contributed by atoms with Crippen LogP contribution in [-0.4, -0.2) is 35.4 Å². The summed E-state index contributed by atoms with van der Waals surface area (Å²) in [4.78, 5) is 12.7. The van der Waals surface area contributed by atoms with Gasteiger partial charge < -0.3 is 14.3 Å². The van der Waals surface area contributed by atoms with Gasteiger partial charge in [-0.1, -0.05) is 0 Å². The molecule has 1 aliphatic heterocycles. The molecule has 1 atom stereocenters. The Bertz CT molecular complexity index is 309. The molecule has 1 fully saturated rings. The predicted octanol–water partition coefficient (Wildman–Crippen LogP) is 0.593. The maximum atomic E-state index is 11.2. The highest BCUT2D eigenvalue weighted by molar-refractivity contribution is 5.70. The Labute approximate surface area is 80.9 Å². The van der Waals surface area contributed by atoms with Crippen LogP contribution in [0.15, 0.2) is 22.8 Å². The third kappa shape index (κ3) is 1.58. The van der Waals surface area contributed by atoms with Gasteiger partial charge in [-0.2, -0.15) is 0 Å². The molecular weight excluding hydrogens is 186 g/mol. The molecule has 2 heterocycles. The van der Waals surface area contributed by atoms with E-state index in [4.69, 9.17) is 14.3 Å². The third-order valence-corrected chi connectivity index (χ3v) is 2.19. The summed E-state index contributed by atoms with van der Waals surface area (Å²) in [5.74, 6) is 0.683.